The number of anilines is 1. The van der Waals surface area contributed by atoms with Crippen molar-refractivity contribution in [3.8, 4) is 11.3 Å². The van der Waals surface area contributed by atoms with Crippen molar-refractivity contribution >= 4 is 55.9 Å². The fourth-order valence-electron chi connectivity index (χ4n) is 6.45. The lowest BCUT2D eigenvalue weighted by molar-refractivity contribution is 0.0600. The fraction of sp³-hybridized carbons (Fsp3) is 0.433. The number of hydrogen-bond acceptors (Lipinski definition) is 8. The number of nitrogens with zero attached hydrogens (tertiary/aromatic N) is 3. The largest absolute Gasteiger partial charge is 0.465 e. The van der Waals surface area contributed by atoms with Gasteiger partial charge in [-0.25, -0.2) is 14.2 Å². The van der Waals surface area contributed by atoms with Crippen molar-refractivity contribution in [3.63, 3.8) is 0 Å². The molecule has 11 heteroatoms. The topological polar surface area (TPSA) is 77.7 Å². The molecule has 3 aliphatic rings. The van der Waals surface area contributed by atoms with Crippen molar-refractivity contribution in [1.82, 2.24) is 10.1 Å². The van der Waals surface area contributed by atoms with Crippen LogP contribution in [0.4, 0.5) is 9.52 Å². The molecule has 214 valence electrons. The van der Waals surface area contributed by atoms with Crippen LogP contribution in [0.3, 0.4) is 0 Å². The molecule has 2 aromatic heterocycles. The summed E-state index contributed by atoms with van der Waals surface area (Å²) < 4.78 is 32.3. The highest BCUT2D eigenvalue weighted by atomic mass is 35.5. The summed E-state index contributed by atoms with van der Waals surface area (Å²) in [4.78, 5) is 18.8. The van der Waals surface area contributed by atoms with Gasteiger partial charge in [0.2, 0.25) is 0 Å². The van der Waals surface area contributed by atoms with Gasteiger partial charge in [-0.1, -0.05) is 45.8 Å². The van der Waals surface area contributed by atoms with Gasteiger partial charge in [0.15, 0.2) is 10.9 Å². The monoisotopic (exact) mass is 615 g/mol. The third-order valence-corrected chi connectivity index (χ3v) is 10.4. The lowest BCUT2D eigenvalue weighted by atomic mass is 9.93. The smallest absolute Gasteiger partial charge is 0.338 e. The first kappa shape index (κ1) is 27.1. The summed E-state index contributed by atoms with van der Waals surface area (Å²) >= 11 is 14.4. The maximum atomic E-state index is 14.7. The molecule has 4 aromatic rings. The molecule has 7 nitrogen and oxygen atoms in total. The molecule has 3 atom stereocenters. The Bertz CT molecular complexity index is 1620. The quantitative estimate of drug-likeness (QED) is 0.188. The van der Waals surface area contributed by atoms with Gasteiger partial charge in [-0.2, -0.15) is 0 Å². The number of ether oxygens (including phenoxy) is 2. The van der Waals surface area contributed by atoms with Crippen LogP contribution in [0.25, 0.3) is 21.5 Å². The molecule has 0 unspecified atom stereocenters. The van der Waals surface area contributed by atoms with E-state index >= 15 is 0 Å². The molecule has 2 aliphatic carbocycles. The minimum absolute atomic E-state index is 0.195. The Balaban J connectivity index is 1.04. The van der Waals surface area contributed by atoms with Crippen LogP contribution in [0, 0.1) is 23.6 Å². The Morgan fingerprint density at radius 2 is 1.98 bits per heavy atom. The van der Waals surface area contributed by atoms with E-state index in [9.17, 15) is 9.18 Å². The van der Waals surface area contributed by atoms with Gasteiger partial charge < -0.3 is 18.9 Å². The average Bonchev–Trinajstić information content (AvgIpc) is 3.27. The maximum Gasteiger partial charge on any atom is 0.338 e. The van der Waals surface area contributed by atoms with Crippen molar-refractivity contribution in [1.29, 1.82) is 0 Å². The van der Waals surface area contributed by atoms with Crippen LogP contribution in [0.5, 0.6) is 0 Å². The summed E-state index contributed by atoms with van der Waals surface area (Å²) in [7, 11) is 1.29. The number of carbonyl (C=O) groups is 1. The predicted octanol–water partition coefficient (Wildman–Crippen LogP) is 7.74. The Kier molecular flexibility index (Phi) is 7.17. The minimum atomic E-state index is -0.558. The number of halogens is 3. The lowest BCUT2D eigenvalue weighted by Crippen LogP contribution is -2.24. The molecule has 0 spiro atoms. The summed E-state index contributed by atoms with van der Waals surface area (Å²) in [6, 6.07) is 8.28. The van der Waals surface area contributed by atoms with Crippen molar-refractivity contribution in [3.05, 3.63) is 63.1 Å². The number of benzene rings is 2. The third-order valence-electron chi connectivity index (χ3n) is 8.68. The zero-order chi connectivity index (χ0) is 28.2. The Morgan fingerprint density at radius 1 is 1.17 bits per heavy atom. The van der Waals surface area contributed by atoms with Crippen LogP contribution >= 0.6 is 34.5 Å². The van der Waals surface area contributed by atoms with E-state index in [1.807, 2.05) is 6.07 Å². The molecule has 0 N–H and O–H groups in total. The van der Waals surface area contributed by atoms with Gasteiger partial charge in [0.1, 0.15) is 17.0 Å². The van der Waals surface area contributed by atoms with E-state index in [1.165, 1.54) is 24.5 Å². The number of rotatable bonds is 8. The van der Waals surface area contributed by atoms with Crippen molar-refractivity contribution in [2.24, 2.45) is 17.8 Å². The van der Waals surface area contributed by atoms with E-state index in [0.717, 1.165) is 55.2 Å². The standard InChI is InChI=1S/C30H28Cl2FN3O4S/c1-38-29(37)18-9-23(33)27-24(10-18)41-30(34-27)36-11-16-7-8-17(19(16)12-36)13-39-14-20-26(35-40-28(20)15-5-6-15)25-21(31)3-2-4-22(25)32/h2-4,9-10,15-17,19H,5-8,11-14H2,1H3/t16-,17-,19+/m1/s1. The molecule has 3 fully saturated rings. The average molecular weight is 617 g/mol. The first-order valence-corrected chi connectivity index (χ1v) is 15.4. The number of carbonyl (C=O) groups excluding carboxylic acids is 1. The number of thiazole rings is 1. The van der Waals surface area contributed by atoms with Crippen LogP contribution < -0.4 is 4.90 Å². The van der Waals surface area contributed by atoms with E-state index in [-0.39, 0.29) is 5.56 Å². The van der Waals surface area contributed by atoms with E-state index in [4.69, 9.17) is 37.2 Å². The molecule has 2 aromatic carbocycles. The molecule has 0 radical (unpaired) electrons. The predicted molar refractivity (Wildman–Crippen MR) is 156 cm³/mol. The second-order valence-electron chi connectivity index (χ2n) is 11.2. The first-order chi connectivity index (χ1) is 19.9. The van der Waals surface area contributed by atoms with Gasteiger partial charge in [-0.15, -0.1) is 0 Å². The lowest BCUT2D eigenvalue weighted by Gasteiger charge is -2.20. The Hall–Kier alpha value is -2.72. The number of methoxy groups -OCH3 is 1. The summed E-state index contributed by atoms with van der Waals surface area (Å²) in [5.74, 6) is 1.62. The van der Waals surface area contributed by atoms with Crippen LogP contribution in [0.15, 0.2) is 34.9 Å². The van der Waals surface area contributed by atoms with Gasteiger partial charge in [0.05, 0.1) is 40.6 Å². The molecule has 0 bridgehead atoms. The number of esters is 1. The fourth-order valence-corrected chi connectivity index (χ4v) is 8.06. The van der Waals surface area contributed by atoms with Gasteiger partial charge in [-0.3, -0.25) is 0 Å². The molecule has 0 amide bonds. The molecule has 41 heavy (non-hydrogen) atoms. The van der Waals surface area contributed by atoms with Crippen LogP contribution in [0.1, 0.15) is 53.3 Å². The summed E-state index contributed by atoms with van der Waals surface area (Å²) in [5.41, 5.74) is 2.78. The van der Waals surface area contributed by atoms with Crippen LogP contribution in [0.2, 0.25) is 10.0 Å². The zero-order valence-electron chi connectivity index (χ0n) is 22.4. The molecule has 1 saturated heterocycles. The number of hydrogen-bond donors (Lipinski definition) is 0. The van der Waals surface area contributed by atoms with E-state index in [1.54, 1.807) is 18.2 Å². The summed E-state index contributed by atoms with van der Waals surface area (Å²) in [6.45, 7) is 2.77. The Labute approximate surface area is 250 Å². The molecule has 3 heterocycles. The first-order valence-electron chi connectivity index (χ1n) is 13.8. The minimum Gasteiger partial charge on any atom is -0.465 e. The second kappa shape index (κ2) is 10.8. The highest BCUT2D eigenvalue weighted by Gasteiger charge is 2.43. The van der Waals surface area contributed by atoms with E-state index < -0.39 is 11.8 Å². The highest BCUT2D eigenvalue weighted by Crippen LogP contribution is 2.47. The summed E-state index contributed by atoms with van der Waals surface area (Å²) in [5, 5.41) is 6.23. The van der Waals surface area contributed by atoms with Gasteiger partial charge in [0, 0.05) is 30.1 Å². The Morgan fingerprint density at radius 3 is 2.73 bits per heavy atom. The van der Waals surface area contributed by atoms with Crippen molar-refractivity contribution in [2.75, 3.05) is 31.7 Å². The second-order valence-corrected chi connectivity index (χ2v) is 13.0. The van der Waals surface area contributed by atoms with Crippen molar-refractivity contribution < 1.29 is 23.2 Å². The number of aromatic nitrogens is 2. The SMILES string of the molecule is COC(=O)c1cc(F)c2nc(N3C[C@H]4CC[C@H](COCc5c(-c6c(Cl)cccc6Cl)noc5C5CC5)[C@H]4C3)sc2c1. The molecule has 2 saturated carbocycles. The number of fused-ring (bicyclic) bond motifs is 2. The van der Waals surface area contributed by atoms with Gasteiger partial charge >= 0.3 is 5.97 Å². The van der Waals surface area contributed by atoms with E-state index in [0.29, 0.717) is 68.4 Å². The van der Waals surface area contributed by atoms with Crippen LogP contribution in [-0.4, -0.2) is 42.9 Å². The molecular weight excluding hydrogens is 588 g/mol. The maximum absolute atomic E-state index is 14.7. The molecule has 7 rings (SSSR count). The van der Waals surface area contributed by atoms with E-state index in [2.05, 4.69) is 15.0 Å². The molecule has 1 aliphatic heterocycles. The summed E-state index contributed by atoms with van der Waals surface area (Å²) in [6.07, 6.45) is 4.41. The van der Waals surface area contributed by atoms with Crippen LogP contribution in [-0.2, 0) is 16.1 Å². The van der Waals surface area contributed by atoms with Crippen molar-refractivity contribution in [2.45, 2.75) is 38.2 Å². The normalized spacial score (nSPS) is 22.0. The third kappa shape index (κ3) is 5.01. The van der Waals surface area contributed by atoms with Gasteiger partial charge in [0.25, 0.3) is 0 Å². The van der Waals surface area contributed by atoms with Gasteiger partial charge in [-0.05, 0) is 67.7 Å². The zero-order valence-corrected chi connectivity index (χ0v) is 24.7. The highest BCUT2D eigenvalue weighted by molar-refractivity contribution is 7.22. The molecular formula is C30H28Cl2FN3O4S.